The average molecular weight is 751 g/mol. The number of rotatable bonds is 32. The minimum Gasteiger partial charge on any atom is -0.462 e. The zero-order valence-electron chi connectivity index (χ0n) is 31.5. The van der Waals surface area contributed by atoms with Gasteiger partial charge in [-0.15, -0.1) is 0 Å². The Morgan fingerprint density at radius 2 is 1.12 bits per heavy atom. The van der Waals surface area contributed by atoms with Crippen LogP contribution < -0.4 is 0 Å². The summed E-state index contributed by atoms with van der Waals surface area (Å²) in [5.74, 6) is -1.99. The Labute approximate surface area is 307 Å². The van der Waals surface area contributed by atoms with Crippen LogP contribution in [-0.2, 0) is 38.7 Å². The van der Waals surface area contributed by atoms with E-state index in [0.29, 0.717) is 12.8 Å². The summed E-state index contributed by atoms with van der Waals surface area (Å²) in [6.07, 6.45) is 18.5. The normalized spacial score (nSPS) is 21.6. The van der Waals surface area contributed by atoms with Gasteiger partial charge in [0.1, 0.15) is 36.8 Å². The number of hydrogen-bond acceptors (Lipinski definition) is 11. The summed E-state index contributed by atoms with van der Waals surface area (Å²) in [5.41, 5.74) is 0. The lowest BCUT2D eigenvalue weighted by Gasteiger charge is -2.40. The molecule has 0 spiro atoms. The summed E-state index contributed by atoms with van der Waals surface area (Å²) in [6.45, 7) is 3.69. The Hall–Kier alpha value is -1.61. The smallest absolute Gasteiger partial charge is 0.306 e. The van der Waals surface area contributed by atoms with Gasteiger partial charge in [0.05, 0.1) is 6.61 Å². The minimum absolute atomic E-state index is 0.157. The molecule has 1 heterocycles. The Bertz CT molecular complexity index is 1020. The van der Waals surface area contributed by atoms with Crippen LogP contribution in [0.3, 0.4) is 0 Å². The number of aliphatic hydroxyl groups excluding tert-OH is 3. The SMILES string of the molecule is CCCCCCC/C=C/CCCCCCCC(=O)O[C@H](COC(=O)CCCCCCCCCCC)CO[C@H]1O[C@H](CS(=O)(=O)O)[C@@H](O)C(O)C1O. The molecule has 0 aliphatic carbocycles. The van der Waals surface area contributed by atoms with Crippen molar-refractivity contribution < 1.29 is 56.8 Å². The maximum Gasteiger partial charge on any atom is 0.306 e. The predicted molar refractivity (Wildman–Crippen MR) is 197 cm³/mol. The van der Waals surface area contributed by atoms with Crippen LogP contribution in [0.15, 0.2) is 12.2 Å². The lowest BCUT2D eigenvalue weighted by atomic mass is 10.00. The monoisotopic (exact) mass is 750 g/mol. The van der Waals surface area contributed by atoms with E-state index in [9.17, 15) is 37.9 Å². The maximum absolute atomic E-state index is 12.7. The van der Waals surface area contributed by atoms with Crippen molar-refractivity contribution in [3.63, 3.8) is 0 Å². The van der Waals surface area contributed by atoms with Crippen molar-refractivity contribution in [1.29, 1.82) is 0 Å². The number of carbonyl (C=O) groups is 2. The molecule has 1 fully saturated rings. The van der Waals surface area contributed by atoms with Gasteiger partial charge in [0.2, 0.25) is 0 Å². The first-order chi connectivity index (χ1) is 24.5. The Morgan fingerprint density at radius 3 is 1.63 bits per heavy atom. The molecular formula is C38H70O12S. The third-order valence-corrected chi connectivity index (χ3v) is 9.85. The molecule has 1 aliphatic heterocycles. The van der Waals surface area contributed by atoms with E-state index in [2.05, 4.69) is 26.0 Å². The van der Waals surface area contributed by atoms with Crippen LogP contribution in [-0.4, -0.2) is 96.0 Å². The first-order valence-corrected chi connectivity index (χ1v) is 21.4. The van der Waals surface area contributed by atoms with Gasteiger partial charge in [-0.3, -0.25) is 14.1 Å². The van der Waals surface area contributed by atoms with Gasteiger partial charge in [-0.25, -0.2) is 0 Å². The van der Waals surface area contributed by atoms with Gasteiger partial charge >= 0.3 is 11.9 Å². The first-order valence-electron chi connectivity index (χ1n) is 19.7. The third-order valence-electron chi connectivity index (χ3n) is 9.10. The Kier molecular flexibility index (Phi) is 27.7. The fourth-order valence-corrected chi connectivity index (χ4v) is 6.65. The lowest BCUT2D eigenvalue weighted by molar-refractivity contribution is -0.297. The molecule has 6 atom stereocenters. The summed E-state index contributed by atoms with van der Waals surface area (Å²) in [5, 5.41) is 30.7. The van der Waals surface area contributed by atoms with Gasteiger partial charge in [0, 0.05) is 12.8 Å². The molecule has 0 aromatic rings. The van der Waals surface area contributed by atoms with Crippen LogP contribution in [0.25, 0.3) is 0 Å². The highest BCUT2D eigenvalue weighted by Gasteiger charge is 2.46. The molecule has 1 aliphatic rings. The molecule has 4 N–H and O–H groups in total. The quantitative estimate of drug-likeness (QED) is 0.0247. The largest absolute Gasteiger partial charge is 0.462 e. The van der Waals surface area contributed by atoms with Crippen molar-refractivity contribution in [3.8, 4) is 0 Å². The van der Waals surface area contributed by atoms with Crippen LogP contribution in [0.5, 0.6) is 0 Å². The number of unbranched alkanes of at least 4 members (excludes halogenated alkanes) is 18. The van der Waals surface area contributed by atoms with Crippen LogP contribution in [0.2, 0.25) is 0 Å². The summed E-state index contributed by atoms with van der Waals surface area (Å²) in [6, 6.07) is 0. The summed E-state index contributed by atoms with van der Waals surface area (Å²) >= 11 is 0. The third kappa shape index (κ3) is 25.1. The molecule has 300 valence electrons. The van der Waals surface area contributed by atoms with Gasteiger partial charge in [0.15, 0.2) is 12.4 Å². The highest BCUT2D eigenvalue weighted by atomic mass is 32.2. The van der Waals surface area contributed by atoms with Crippen molar-refractivity contribution in [1.82, 2.24) is 0 Å². The van der Waals surface area contributed by atoms with E-state index < -0.39 is 71.2 Å². The van der Waals surface area contributed by atoms with E-state index in [-0.39, 0.29) is 19.4 Å². The zero-order chi connectivity index (χ0) is 37.7. The average Bonchev–Trinajstić information content (AvgIpc) is 3.09. The number of aliphatic hydroxyl groups is 3. The summed E-state index contributed by atoms with van der Waals surface area (Å²) in [7, 11) is -4.59. The molecule has 0 aromatic heterocycles. The number of allylic oxidation sites excluding steroid dienone is 2. The molecule has 0 bridgehead atoms. The molecule has 13 heteroatoms. The molecule has 1 saturated heterocycles. The van der Waals surface area contributed by atoms with E-state index in [4.69, 9.17) is 18.9 Å². The van der Waals surface area contributed by atoms with Crippen molar-refractivity contribution >= 4 is 22.1 Å². The van der Waals surface area contributed by atoms with Gasteiger partial charge in [-0.05, 0) is 38.5 Å². The predicted octanol–water partition coefficient (Wildman–Crippen LogP) is 6.72. The molecule has 2 unspecified atom stereocenters. The maximum atomic E-state index is 12.7. The molecule has 12 nitrogen and oxygen atoms in total. The topological polar surface area (TPSA) is 186 Å². The highest BCUT2D eigenvalue weighted by Crippen LogP contribution is 2.24. The second-order valence-electron chi connectivity index (χ2n) is 14.0. The Morgan fingerprint density at radius 1 is 0.647 bits per heavy atom. The van der Waals surface area contributed by atoms with Gasteiger partial charge in [-0.1, -0.05) is 122 Å². The van der Waals surface area contributed by atoms with E-state index in [1.165, 1.54) is 64.2 Å². The summed E-state index contributed by atoms with van der Waals surface area (Å²) < 4.78 is 53.8. The highest BCUT2D eigenvalue weighted by molar-refractivity contribution is 7.85. The molecule has 0 radical (unpaired) electrons. The molecule has 0 amide bonds. The number of carbonyl (C=O) groups excluding carboxylic acids is 2. The van der Waals surface area contributed by atoms with Crippen LogP contribution >= 0.6 is 0 Å². The van der Waals surface area contributed by atoms with Crippen molar-refractivity contribution in [2.45, 2.75) is 198 Å². The van der Waals surface area contributed by atoms with E-state index in [1.54, 1.807) is 0 Å². The second-order valence-corrected chi connectivity index (χ2v) is 15.4. The zero-order valence-corrected chi connectivity index (χ0v) is 32.3. The minimum atomic E-state index is -4.59. The van der Waals surface area contributed by atoms with Crippen LogP contribution in [0.4, 0.5) is 0 Å². The molecular weight excluding hydrogens is 680 g/mol. The van der Waals surface area contributed by atoms with Crippen molar-refractivity contribution in [2.24, 2.45) is 0 Å². The van der Waals surface area contributed by atoms with Gasteiger partial charge < -0.3 is 34.3 Å². The number of esters is 2. The standard InChI is InChI=1S/C38H70O12S/c1-3-5-7-9-11-13-14-15-16-17-19-21-23-25-27-34(40)49-31(28-47-33(39)26-24-22-20-18-12-10-8-6-4-2)29-48-38-37(43)36(42)35(41)32(50-38)30-51(44,45)46/h14-15,31-32,35-38,41-43H,3-13,16-30H2,1-2H3,(H,44,45,46)/b15-14+/t31-,32-,35-,36?,37?,38+/m1/s1. The van der Waals surface area contributed by atoms with Crippen LogP contribution in [0, 0.1) is 0 Å². The van der Waals surface area contributed by atoms with Gasteiger partial charge in [0.25, 0.3) is 10.1 Å². The van der Waals surface area contributed by atoms with E-state index in [0.717, 1.165) is 57.8 Å². The fraction of sp³-hybridized carbons (Fsp3) is 0.895. The number of hydrogen-bond donors (Lipinski definition) is 4. The van der Waals surface area contributed by atoms with Crippen molar-refractivity contribution in [2.75, 3.05) is 19.0 Å². The van der Waals surface area contributed by atoms with E-state index in [1.807, 2.05) is 0 Å². The second kappa shape index (κ2) is 29.8. The lowest BCUT2D eigenvalue weighted by Crippen LogP contribution is -2.60. The van der Waals surface area contributed by atoms with Crippen molar-refractivity contribution in [3.05, 3.63) is 12.2 Å². The van der Waals surface area contributed by atoms with Gasteiger partial charge in [-0.2, -0.15) is 8.42 Å². The fourth-order valence-electron chi connectivity index (χ4n) is 5.96. The van der Waals surface area contributed by atoms with E-state index >= 15 is 0 Å². The van der Waals surface area contributed by atoms with Crippen LogP contribution in [0.1, 0.15) is 162 Å². The summed E-state index contributed by atoms with van der Waals surface area (Å²) in [4.78, 5) is 25.2. The number of ether oxygens (including phenoxy) is 4. The molecule has 1 rings (SSSR count). The Balaban J connectivity index is 2.52. The molecule has 0 saturated carbocycles. The molecule has 51 heavy (non-hydrogen) atoms. The molecule has 0 aromatic carbocycles. The first kappa shape index (κ1) is 47.4.